The van der Waals surface area contributed by atoms with Crippen LogP contribution in [0.2, 0.25) is 0 Å². The van der Waals surface area contributed by atoms with Crippen LogP contribution < -0.4 is 103 Å². The summed E-state index contributed by atoms with van der Waals surface area (Å²) in [4.78, 5) is 0. The monoisotopic (exact) mass is 309 g/mol. The molecule has 0 bridgehead atoms. The van der Waals surface area contributed by atoms with Gasteiger partial charge in [0.15, 0.2) is 0 Å². The van der Waals surface area contributed by atoms with Gasteiger partial charge in [0.25, 0.3) is 0 Å². The smallest absolute Gasteiger partial charge is 0.780 e. The summed E-state index contributed by atoms with van der Waals surface area (Å²) in [6.07, 6.45) is 0. The molecule has 0 saturated carbocycles. The normalized spacial score (nSPS) is 9.38. The molecule has 1 aromatic heterocycles. The van der Waals surface area contributed by atoms with Gasteiger partial charge in [-0.25, -0.2) is 0 Å². The van der Waals surface area contributed by atoms with Crippen molar-refractivity contribution in [2.45, 2.75) is 0 Å². The van der Waals surface area contributed by atoms with E-state index in [0.717, 1.165) is 11.0 Å². The van der Waals surface area contributed by atoms with Crippen molar-refractivity contribution in [3.8, 4) is 0 Å². The summed E-state index contributed by atoms with van der Waals surface area (Å²) >= 11 is 3.24. The number of aromatic nitrogens is 3. The zero-order chi connectivity index (χ0) is 10.6. The van der Waals surface area contributed by atoms with E-state index in [1.807, 2.05) is 24.3 Å². The minimum atomic E-state index is -4.33. The first-order valence-electron chi connectivity index (χ1n) is 3.39. The molecular weight excluding hydrogens is 304 g/mol. The summed E-state index contributed by atoms with van der Waals surface area (Å²) < 4.78 is 26.7. The number of fused-ring (bicyclic) bond motifs is 1. The summed E-state index contributed by atoms with van der Waals surface area (Å²) in [5.41, 5.74) is 1.83. The Hall–Kier alpha value is 2.18. The van der Waals surface area contributed by atoms with Gasteiger partial charge >= 0.3 is 103 Å². The van der Waals surface area contributed by atoms with Crippen LogP contribution in [0, 0.1) is 0 Å². The number of hydrogen-bond donors (Lipinski definition) is 1. The van der Waals surface area contributed by atoms with Gasteiger partial charge in [-0.3, -0.25) is 4.21 Å². The minimum absolute atomic E-state index is 0. The molecule has 2 aromatic rings. The molecule has 76 valence electrons. The molecule has 0 aliphatic rings. The molecule has 0 saturated heterocycles. The van der Waals surface area contributed by atoms with Crippen molar-refractivity contribution in [1.29, 1.82) is 0 Å². The predicted molar refractivity (Wildman–Crippen MR) is 51.0 cm³/mol. The van der Waals surface area contributed by atoms with E-state index in [-0.39, 0.29) is 103 Å². The number of para-hydroxylation sites is 2. The molecule has 0 amide bonds. The minimum Gasteiger partial charge on any atom is -0.780 e. The first-order chi connectivity index (χ1) is 6.47. The van der Waals surface area contributed by atoms with Gasteiger partial charge in [-0.2, -0.15) is 15.4 Å². The fraction of sp³-hybridized carbons (Fsp3) is 0. The Morgan fingerprint density at radius 2 is 1.44 bits per heavy atom. The molecule has 16 heavy (non-hydrogen) atoms. The number of hydrogen-bond acceptors (Lipinski definition) is 6. The maximum Gasteiger partial charge on any atom is 1.00 e. The van der Waals surface area contributed by atoms with Crippen molar-refractivity contribution in [2.75, 3.05) is 0 Å². The van der Waals surface area contributed by atoms with Crippen LogP contribution in [0.15, 0.2) is 24.3 Å². The van der Waals surface area contributed by atoms with E-state index in [1.54, 1.807) is 0 Å². The molecule has 1 aromatic carbocycles. The van der Waals surface area contributed by atoms with E-state index in [0.29, 0.717) is 0 Å². The molecule has 1 heterocycles. The Morgan fingerprint density at radius 1 is 1.12 bits per heavy atom. The first-order valence-corrected chi connectivity index (χ1v) is 5.72. The molecule has 0 spiro atoms. The molecule has 0 radical (unpaired) electrons. The van der Waals surface area contributed by atoms with E-state index in [2.05, 4.69) is 26.6 Å². The van der Waals surface area contributed by atoms with Gasteiger partial charge in [0.2, 0.25) is 0 Å². The predicted octanol–water partition coefficient (Wildman–Crippen LogP) is -6.04. The second-order valence-electron chi connectivity index (χ2n) is 2.22. The number of rotatable bonds is 0. The number of H-pyrrole nitrogens is 1. The van der Waals surface area contributed by atoms with Crippen LogP contribution in [-0.2, 0) is 20.2 Å². The Morgan fingerprint density at radius 3 is 1.75 bits per heavy atom. The molecule has 0 fully saturated rings. The van der Waals surface area contributed by atoms with E-state index >= 15 is 0 Å². The van der Waals surface area contributed by atoms with Gasteiger partial charge < -0.3 is 9.11 Å². The number of nitrogens with zero attached hydrogens (tertiary/aromatic N) is 2. The van der Waals surface area contributed by atoms with Crippen molar-refractivity contribution in [3.05, 3.63) is 24.3 Å². The van der Waals surface area contributed by atoms with Gasteiger partial charge in [-0.1, -0.05) is 12.1 Å². The van der Waals surface area contributed by atoms with Crippen LogP contribution in [0.1, 0.15) is 0 Å². The molecule has 1 N–H and O–H groups in total. The van der Waals surface area contributed by atoms with Crippen LogP contribution in [0.5, 0.6) is 0 Å². The summed E-state index contributed by atoms with van der Waals surface area (Å²) in [5.74, 6) is 0. The zero-order valence-electron chi connectivity index (χ0n) is 8.75. The Bertz CT molecular complexity index is 478. The maximum absolute atomic E-state index is 8.89. The van der Waals surface area contributed by atoms with Crippen LogP contribution in [0.4, 0.5) is 0 Å². The Kier molecular flexibility index (Phi) is 12.8. The molecule has 10 heteroatoms. The summed E-state index contributed by atoms with van der Waals surface area (Å²) in [5, 5.41) is 10.3. The van der Waals surface area contributed by atoms with Crippen molar-refractivity contribution < 1.29 is 116 Å². The average molecular weight is 309 g/mol. The third-order valence-corrected chi connectivity index (χ3v) is 1.22. The Balaban J connectivity index is 0. The summed E-state index contributed by atoms with van der Waals surface area (Å²) in [6.45, 7) is 0. The maximum atomic E-state index is 8.89. The SMILES string of the molecule is O=S([O-])([O-])=S.[K+].[K+].c1ccc2n[nH]nc2c1. The van der Waals surface area contributed by atoms with Crippen molar-refractivity contribution in [1.82, 2.24) is 15.4 Å². The first kappa shape index (κ1) is 20.5. The van der Waals surface area contributed by atoms with Crippen LogP contribution in [0.3, 0.4) is 0 Å². The molecule has 2 rings (SSSR count). The second kappa shape index (κ2) is 10.0. The van der Waals surface area contributed by atoms with Gasteiger partial charge in [0, 0.05) is 0 Å². The van der Waals surface area contributed by atoms with E-state index < -0.39 is 9.05 Å². The van der Waals surface area contributed by atoms with Crippen LogP contribution >= 0.6 is 0 Å². The second-order valence-corrected chi connectivity index (χ2v) is 4.26. The average Bonchev–Trinajstić information content (AvgIpc) is 2.47. The third kappa shape index (κ3) is 10.1. The largest absolute Gasteiger partial charge is 1.00 e. The van der Waals surface area contributed by atoms with E-state index in [4.69, 9.17) is 13.3 Å². The number of aromatic amines is 1. The van der Waals surface area contributed by atoms with E-state index in [9.17, 15) is 0 Å². The number of benzene rings is 1. The standard InChI is InChI=1S/C6H5N3.2K.H2O3S2/c1-2-4-6-5(3-1)7-9-8-6;;;1-5(2,3)4/h1-4H,(H,7,8,9);;;(H2,1,2,3,4)/q;2*+1;/p-2. The molecule has 0 atom stereocenters. The van der Waals surface area contributed by atoms with Gasteiger partial charge in [0.1, 0.15) is 11.0 Å². The topological polar surface area (TPSA) is 105 Å². The van der Waals surface area contributed by atoms with Crippen LogP contribution in [0.25, 0.3) is 11.0 Å². The van der Waals surface area contributed by atoms with E-state index in [1.165, 1.54) is 0 Å². The van der Waals surface area contributed by atoms with Crippen molar-refractivity contribution >= 4 is 31.3 Å². The molecular formula is C6H5K2N3O3S2. The third-order valence-electron chi connectivity index (χ3n) is 1.22. The fourth-order valence-electron chi connectivity index (χ4n) is 0.786. The summed E-state index contributed by atoms with van der Waals surface area (Å²) in [7, 11) is -4.33. The van der Waals surface area contributed by atoms with Gasteiger partial charge in [-0.15, -0.1) is 9.05 Å². The van der Waals surface area contributed by atoms with Gasteiger partial charge in [0.05, 0.1) is 0 Å². The van der Waals surface area contributed by atoms with Crippen molar-refractivity contribution in [2.24, 2.45) is 0 Å². The zero-order valence-corrected chi connectivity index (χ0v) is 16.6. The fourth-order valence-corrected chi connectivity index (χ4v) is 0.786. The summed E-state index contributed by atoms with van der Waals surface area (Å²) in [6, 6.07) is 7.70. The molecule has 0 aliphatic heterocycles. The molecule has 0 aliphatic carbocycles. The molecule has 6 nitrogen and oxygen atoms in total. The van der Waals surface area contributed by atoms with Crippen molar-refractivity contribution in [3.63, 3.8) is 0 Å². The van der Waals surface area contributed by atoms with Crippen LogP contribution in [-0.4, -0.2) is 28.7 Å². The van der Waals surface area contributed by atoms with Gasteiger partial charge in [-0.05, 0) is 23.3 Å². The molecule has 0 unspecified atom stereocenters. The Labute approximate surface area is 183 Å². The quantitative estimate of drug-likeness (QED) is 0.486. The number of nitrogens with one attached hydrogen (secondary N) is 1.